The summed E-state index contributed by atoms with van der Waals surface area (Å²) in [5.74, 6) is -0.135. The van der Waals surface area contributed by atoms with Crippen molar-refractivity contribution in [1.82, 2.24) is 5.48 Å². The Morgan fingerprint density at radius 2 is 2.27 bits per heavy atom. The van der Waals surface area contributed by atoms with Gasteiger partial charge >= 0.3 is 0 Å². The van der Waals surface area contributed by atoms with Crippen molar-refractivity contribution in [3.63, 3.8) is 0 Å². The lowest BCUT2D eigenvalue weighted by Gasteiger charge is -2.60. The summed E-state index contributed by atoms with van der Waals surface area (Å²) in [7, 11) is 1.41. The minimum atomic E-state index is -0.871. The van der Waals surface area contributed by atoms with Crippen LogP contribution in [0, 0.1) is 11.3 Å². The van der Waals surface area contributed by atoms with Gasteiger partial charge in [0.25, 0.3) is 5.91 Å². The highest BCUT2D eigenvalue weighted by atomic mass is 16.6. The second kappa shape index (κ2) is 3.17. The quantitative estimate of drug-likeness (QED) is 0.625. The molecule has 1 amide bonds. The molecule has 0 aromatic rings. The zero-order valence-corrected chi connectivity index (χ0v) is 9.37. The fourth-order valence-corrected chi connectivity index (χ4v) is 3.02. The van der Waals surface area contributed by atoms with Crippen LogP contribution >= 0.6 is 0 Å². The minimum absolute atomic E-state index is 0.102. The zero-order chi connectivity index (χ0) is 11.3. The molecule has 5 nitrogen and oxygen atoms in total. The Labute approximate surface area is 89.2 Å². The number of ether oxygens (including phenoxy) is 1. The summed E-state index contributed by atoms with van der Waals surface area (Å²) in [5, 5.41) is 0. The summed E-state index contributed by atoms with van der Waals surface area (Å²) in [6, 6.07) is 0. The van der Waals surface area contributed by atoms with Crippen LogP contribution in [-0.4, -0.2) is 31.3 Å². The first kappa shape index (κ1) is 10.9. The van der Waals surface area contributed by atoms with E-state index < -0.39 is 5.54 Å². The molecule has 0 aromatic heterocycles. The van der Waals surface area contributed by atoms with Gasteiger partial charge in [0, 0.05) is 17.9 Å². The van der Waals surface area contributed by atoms with E-state index >= 15 is 0 Å². The van der Waals surface area contributed by atoms with Gasteiger partial charge in [0.15, 0.2) is 0 Å². The van der Waals surface area contributed by atoms with Gasteiger partial charge in [-0.25, -0.2) is 5.48 Å². The zero-order valence-electron chi connectivity index (χ0n) is 9.37. The molecule has 0 aromatic carbocycles. The van der Waals surface area contributed by atoms with E-state index in [2.05, 4.69) is 10.3 Å². The van der Waals surface area contributed by atoms with E-state index in [1.807, 2.05) is 13.8 Å². The molecule has 1 saturated carbocycles. The van der Waals surface area contributed by atoms with Crippen LogP contribution in [0.2, 0.25) is 0 Å². The number of hydroxylamine groups is 1. The van der Waals surface area contributed by atoms with Gasteiger partial charge in [0.05, 0.1) is 13.2 Å². The summed E-state index contributed by atoms with van der Waals surface area (Å²) in [6.07, 6.45) is 0.951. The van der Waals surface area contributed by atoms with Gasteiger partial charge in [-0.15, -0.1) is 0 Å². The largest absolute Gasteiger partial charge is 0.377 e. The Hall–Kier alpha value is -0.650. The number of carbonyl (C=O) groups excluding carboxylic acids is 1. The number of amides is 1. The van der Waals surface area contributed by atoms with Crippen LogP contribution in [0.25, 0.3) is 0 Å². The molecule has 2 aliphatic rings. The number of fused-ring (bicyclic) bond motifs is 1. The first-order valence-corrected chi connectivity index (χ1v) is 5.20. The van der Waals surface area contributed by atoms with Gasteiger partial charge in [-0.3, -0.25) is 9.63 Å². The van der Waals surface area contributed by atoms with Crippen LogP contribution in [0.1, 0.15) is 20.3 Å². The third kappa shape index (κ3) is 1.11. The molecule has 2 fully saturated rings. The van der Waals surface area contributed by atoms with Crippen molar-refractivity contribution in [2.75, 3.05) is 13.7 Å². The molecule has 0 bridgehead atoms. The second-order valence-electron chi connectivity index (χ2n) is 4.91. The fraction of sp³-hybridized carbons (Fsp3) is 0.900. The third-order valence-electron chi connectivity index (χ3n) is 4.02. The number of hydrogen-bond acceptors (Lipinski definition) is 4. The first-order valence-electron chi connectivity index (χ1n) is 5.20. The van der Waals surface area contributed by atoms with Crippen LogP contribution < -0.4 is 11.2 Å². The average molecular weight is 214 g/mol. The summed E-state index contributed by atoms with van der Waals surface area (Å²) in [6.45, 7) is 4.63. The number of hydrogen-bond donors (Lipinski definition) is 2. The van der Waals surface area contributed by atoms with Gasteiger partial charge in [-0.1, -0.05) is 13.8 Å². The van der Waals surface area contributed by atoms with E-state index in [9.17, 15) is 4.79 Å². The molecular formula is C10H18N2O3. The molecule has 3 N–H and O–H groups in total. The van der Waals surface area contributed by atoms with Crippen molar-refractivity contribution in [3.05, 3.63) is 0 Å². The van der Waals surface area contributed by atoms with Crippen molar-refractivity contribution in [3.8, 4) is 0 Å². The van der Waals surface area contributed by atoms with E-state index in [-0.39, 0.29) is 23.3 Å². The SMILES string of the molecule is CONC(=O)C1(N)C2CCOC2C1(C)C. The molecule has 1 heterocycles. The van der Waals surface area contributed by atoms with Crippen molar-refractivity contribution < 1.29 is 14.4 Å². The fourth-order valence-electron chi connectivity index (χ4n) is 3.02. The maximum atomic E-state index is 11.9. The molecule has 3 atom stereocenters. The van der Waals surface area contributed by atoms with Crippen LogP contribution in [0.5, 0.6) is 0 Å². The molecule has 0 spiro atoms. The van der Waals surface area contributed by atoms with Crippen molar-refractivity contribution in [1.29, 1.82) is 0 Å². The lowest BCUT2D eigenvalue weighted by Crippen LogP contribution is -2.80. The van der Waals surface area contributed by atoms with Crippen molar-refractivity contribution in [2.45, 2.75) is 31.9 Å². The Morgan fingerprint density at radius 3 is 2.87 bits per heavy atom. The average Bonchev–Trinajstić information content (AvgIpc) is 2.64. The Bertz CT molecular complexity index is 292. The number of rotatable bonds is 2. The van der Waals surface area contributed by atoms with Crippen molar-refractivity contribution in [2.24, 2.45) is 17.1 Å². The van der Waals surface area contributed by atoms with Crippen LogP contribution in [0.15, 0.2) is 0 Å². The second-order valence-corrected chi connectivity index (χ2v) is 4.91. The lowest BCUT2D eigenvalue weighted by molar-refractivity contribution is -0.183. The van der Waals surface area contributed by atoms with Gasteiger partial charge in [0.2, 0.25) is 0 Å². The highest BCUT2D eigenvalue weighted by Crippen LogP contribution is 2.58. The number of carbonyl (C=O) groups is 1. The van der Waals surface area contributed by atoms with Crippen LogP contribution in [0.3, 0.4) is 0 Å². The van der Waals surface area contributed by atoms with Crippen molar-refractivity contribution >= 4 is 5.91 Å². The van der Waals surface area contributed by atoms with E-state index in [0.29, 0.717) is 6.61 Å². The molecule has 3 unspecified atom stereocenters. The first-order chi connectivity index (χ1) is 6.96. The van der Waals surface area contributed by atoms with Crippen LogP contribution in [0.4, 0.5) is 0 Å². The predicted molar refractivity (Wildman–Crippen MR) is 53.7 cm³/mol. The van der Waals surface area contributed by atoms with E-state index in [1.165, 1.54) is 7.11 Å². The molecule has 2 rings (SSSR count). The highest BCUT2D eigenvalue weighted by molar-refractivity contribution is 5.88. The molecule has 5 heteroatoms. The summed E-state index contributed by atoms with van der Waals surface area (Å²) in [5.41, 5.74) is 7.35. The summed E-state index contributed by atoms with van der Waals surface area (Å²) >= 11 is 0. The standard InChI is InChI=1S/C10H18N2O3/c1-9(2)7-6(4-5-15-7)10(9,11)8(13)12-14-3/h6-7H,4-5,11H2,1-3H3,(H,12,13). The van der Waals surface area contributed by atoms with E-state index in [4.69, 9.17) is 10.5 Å². The minimum Gasteiger partial charge on any atom is -0.377 e. The van der Waals surface area contributed by atoms with Gasteiger partial charge in [0.1, 0.15) is 5.54 Å². The van der Waals surface area contributed by atoms with E-state index in [1.54, 1.807) is 0 Å². The van der Waals surface area contributed by atoms with Gasteiger partial charge in [-0.2, -0.15) is 0 Å². The van der Waals surface area contributed by atoms with E-state index in [0.717, 1.165) is 6.42 Å². The molecule has 15 heavy (non-hydrogen) atoms. The molecule has 1 aliphatic heterocycles. The molecule has 86 valence electrons. The predicted octanol–water partition coefficient (Wildman–Crippen LogP) is -0.194. The highest BCUT2D eigenvalue weighted by Gasteiger charge is 2.71. The lowest BCUT2D eigenvalue weighted by atomic mass is 9.48. The Balaban J connectivity index is 2.23. The smallest absolute Gasteiger partial charge is 0.264 e. The Kier molecular flexibility index (Phi) is 2.29. The third-order valence-corrected chi connectivity index (χ3v) is 4.02. The monoisotopic (exact) mass is 214 g/mol. The normalized spacial score (nSPS) is 41.9. The molecule has 0 radical (unpaired) electrons. The van der Waals surface area contributed by atoms with Gasteiger partial charge in [-0.05, 0) is 6.42 Å². The number of nitrogens with two attached hydrogens (primary N) is 1. The maximum Gasteiger partial charge on any atom is 0.264 e. The molecule has 1 aliphatic carbocycles. The molecular weight excluding hydrogens is 196 g/mol. The Morgan fingerprint density at radius 1 is 1.60 bits per heavy atom. The topological polar surface area (TPSA) is 73.6 Å². The summed E-state index contributed by atoms with van der Waals surface area (Å²) in [4.78, 5) is 16.5. The summed E-state index contributed by atoms with van der Waals surface area (Å²) < 4.78 is 5.59. The molecule has 1 saturated heterocycles. The maximum absolute atomic E-state index is 11.9. The van der Waals surface area contributed by atoms with Gasteiger partial charge < -0.3 is 10.5 Å². The van der Waals surface area contributed by atoms with Crippen LogP contribution in [-0.2, 0) is 14.4 Å². The number of nitrogens with one attached hydrogen (secondary N) is 1.